The van der Waals surface area contributed by atoms with Crippen molar-refractivity contribution in [2.45, 2.75) is 31.0 Å². The molecule has 2 aliphatic rings. The molecule has 1 unspecified atom stereocenters. The number of esters is 1. The van der Waals surface area contributed by atoms with Gasteiger partial charge in [0.2, 0.25) is 5.91 Å². The average Bonchev–Trinajstić information content (AvgIpc) is 3.00. The number of nitrogens with one attached hydrogen (secondary N) is 2. The Hall–Kier alpha value is -5.02. The molecule has 5 N–H and O–H groups in total. The largest absolute Gasteiger partial charge is 0.505 e. The third-order valence-corrected chi connectivity index (χ3v) is 8.21. The average molecular weight is 608 g/mol. The van der Waals surface area contributed by atoms with Gasteiger partial charge in [0.15, 0.2) is 5.75 Å². The molecule has 0 radical (unpaired) electrons. The third kappa shape index (κ3) is 5.72. The molecule has 2 aromatic heterocycles. The summed E-state index contributed by atoms with van der Waals surface area (Å²) >= 11 is 1.19. The molecular formula is C28H25N5O9S. The van der Waals surface area contributed by atoms with Gasteiger partial charge in [0.05, 0.1) is 12.1 Å². The molecule has 1 fully saturated rings. The molecular weight excluding hydrogens is 582 g/mol. The second kappa shape index (κ2) is 12.1. The SMILES string of the molecule is CC(=O)OCC1=C(C(=O)O)N2C(=O)[C@@H](NC(=O)C(NC(=O)c3cnc4cccnc4c3O)c3ccc(CO)cc3)[C@H]2SC1. The Morgan fingerprint density at radius 1 is 1.16 bits per heavy atom. The van der Waals surface area contributed by atoms with Gasteiger partial charge in [-0.05, 0) is 23.3 Å². The summed E-state index contributed by atoms with van der Waals surface area (Å²) in [5, 5.41) is 34.3. The third-order valence-electron chi connectivity index (χ3n) is 6.87. The van der Waals surface area contributed by atoms with Crippen LogP contribution in [0.3, 0.4) is 0 Å². The predicted octanol–water partition coefficient (Wildman–Crippen LogP) is 0.601. The highest BCUT2D eigenvalue weighted by Crippen LogP contribution is 2.40. The van der Waals surface area contributed by atoms with Gasteiger partial charge in [-0.2, -0.15) is 0 Å². The van der Waals surface area contributed by atoms with E-state index in [2.05, 4.69) is 20.6 Å². The number of ether oxygens (including phenoxy) is 1. The lowest BCUT2D eigenvalue weighted by Crippen LogP contribution is -2.71. The maximum atomic E-state index is 13.6. The number of benzene rings is 1. The summed E-state index contributed by atoms with van der Waals surface area (Å²) in [6, 6.07) is 6.91. The number of β-lactam (4-membered cyclic amide) rings is 1. The number of rotatable bonds is 9. The highest BCUT2D eigenvalue weighted by Gasteiger charge is 2.54. The lowest BCUT2D eigenvalue weighted by atomic mass is 10.00. The van der Waals surface area contributed by atoms with Crippen molar-refractivity contribution in [2.24, 2.45) is 0 Å². The summed E-state index contributed by atoms with van der Waals surface area (Å²) < 4.78 is 4.94. The first-order valence-electron chi connectivity index (χ1n) is 12.9. The van der Waals surface area contributed by atoms with Crippen molar-refractivity contribution in [1.29, 1.82) is 0 Å². The van der Waals surface area contributed by atoms with Crippen LogP contribution in [0, 0.1) is 0 Å². The number of nitrogens with zero attached hydrogens (tertiary/aromatic N) is 3. The number of hydrogen-bond acceptors (Lipinski definition) is 11. The van der Waals surface area contributed by atoms with Crippen molar-refractivity contribution in [2.75, 3.05) is 12.4 Å². The van der Waals surface area contributed by atoms with E-state index in [-0.39, 0.29) is 41.3 Å². The first kappa shape index (κ1) is 29.5. The fourth-order valence-electron chi connectivity index (χ4n) is 4.72. The summed E-state index contributed by atoms with van der Waals surface area (Å²) in [6.45, 7) is 0.639. The molecule has 0 saturated carbocycles. The molecule has 222 valence electrons. The molecule has 0 spiro atoms. The van der Waals surface area contributed by atoms with Crippen LogP contribution in [-0.4, -0.2) is 83.6 Å². The predicted molar refractivity (Wildman–Crippen MR) is 150 cm³/mol. The molecule has 3 amide bonds. The number of aliphatic hydroxyl groups excluding tert-OH is 1. The maximum absolute atomic E-state index is 13.6. The van der Waals surface area contributed by atoms with E-state index >= 15 is 0 Å². The van der Waals surface area contributed by atoms with E-state index in [1.807, 2.05) is 0 Å². The van der Waals surface area contributed by atoms with Crippen molar-refractivity contribution in [3.8, 4) is 5.75 Å². The number of carbonyl (C=O) groups excluding carboxylic acids is 4. The van der Waals surface area contributed by atoms with Gasteiger partial charge in [-0.15, -0.1) is 11.8 Å². The first-order valence-corrected chi connectivity index (χ1v) is 13.9. The van der Waals surface area contributed by atoms with Crippen LogP contribution in [0.25, 0.3) is 11.0 Å². The van der Waals surface area contributed by atoms with E-state index < -0.39 is 52.9 Å². The van der Waals surface area contributed by atoms with Crippen LogP contribution in [0.2, 0.25) is 0 Å². The van der Waals surface area contributed by atoms with Crippen LogP contribution in [0.4, 0.5) is 0 Å². The van der Waals surface area contributed by atoms with E-state index in [1.54, 1.807) is 24.3 Å². The molecule has 5 rings (SSSR count). The van der Waals surface area contributed by atoms with Crippen LogP contribution in [-0.2, 0) is 30.5 Å². The Balaban J connectivity index is 1.39. The zero-order valence-corrected chi connectivity index (χ0v) is 23.3. The number of hydrogen-bond donors (Lipinski definition) is 5. The summed E-state index contributed by atoms with van der Waals surface area (Å²) in [7, 11) is 0. The smallest absolute Gasteiger partial charge is 0.352 e. The highest BCUT2D eigenvalue weighted by atomic mass is 32.2. The number of aromatic nitrogens is 2. The second-order valence-electron chi connectivity index (χ2n) is 9.63. The van der Waals surface area contributed by atoms with Gasteiger partial charge in [-0.1, -0.05) is 24.3 Å². The molecule has 1 aromatic carbocycles. The van der Waals surface area contributed by atoms with E-state index in [4.69, 9.17) is 4.74 Å². The Kier molecular flexibility index (Phi) is 8.27. The van der Waals surface area contributed by atoms with E-state index in [9.17, 15) is 39.3 Å². The lowest BCUT2D eigenvalue weighted by Gasteiger charge is -2.49. The number of pyridine rings is 2. The number of aromatic hydroxyl groups is 1. The van der Waals surface area contributed by atoms with Crippen molar-refractivity contribution < 1.29 is 44.0 Å². The van der Waals surface area contributed by atoms with Gasteiger partial charge in [0, 0.05) is 30.6 Å². The Bertz CT molecular complexity index is 1680. The molecule has 0 bridgehead atoms. The maximum Gasteiger partial charge on any atom is 0.352 e. The zero-order valence-electron chi connectivity index (χ0n) is 22.5. The fourth-order valence-corrected chi connectivity index (χ4v) is 6.04. The lowest BCUT2D eigenvalue weighted by molar-refractivity contribution is -0.151. The Morgan fingerprint density at radius 2 is 1.91 bits per heavy atom. The number of aliphatic hydroxyl groups is 1. The zero-order chi connectivity index (χ0) is 30.8. The molecule has 3 atom stereocenters. The number of carboxylic acids is 1. The fraction of sp³-hybridized carbons (Fsp3) is 0.250. The molecule has 4 heterocycles. The molecule has 43 heavy (non-hydrogen) atoms. The number of thioether (sulfide) groups is 1. The summed E-state index contributed by atoms with van der Waals surface area (Å²) in [4.78, 5) is 72.5. The molecule has 2 aliphatic heterocycles. The molecule has 1 saturated heterocycles. The normalized spacial score (nSPS) is 18.4. The van der Waals surface area contributed by atoms with Gasteiger partial charge < -0.3 is 30.7 Å². The standard InChI is InChI=1S/C28H25N5O9S/c1-13(35)42-11-16-12-43-27-21(26(39)33(27)22(16)28(40)41)32-25(38)19(15-6-4-14(10-34)5-7-15)31-24(37)17-9-30-18-3-2-8-29-20(18)23(17)36/h2-9,19,21,27,34H,10-12H2,1H3,(H,30,36)(H,31,37)(H,32,38)(H,40,41)/t19?,21-,27-/m1/s1. The highest BCUT2D eigenvalue weighted by molar-refractivity contribution is 8.00. The van der Waals surface area contributed by atoms with Gasteiger partial charge in [-0.3, -0.25) is 34.0 Å². The molecule has 15 heteroatoms. The minimum Gasteiger partial charge on any atom is -0.505 e. The van der Waals surface area contributed by atoms with E-state index in [0.29, 0.717) is 16.6 Å². The van der Waals surface area contributed by atoms with Crippen molar-refractivity contribution in [1.82, 2.24) is 25.5 Å². The summed E-state index contributed by atoms with van der Waals surface area (Å²) in [5.74, 6) is -4.58. The van der Waals surface area contributed by atoms with Crippen LogP contribution in [0.1, 0.15) is 34.5 Å². The number of carbonyl (C=O) groups is 5. The summed E-state index contributed by atoms with van der Waals surface area (Å²) in [6.07, 6.45) is 2.58. The molecule has 0 aliphatic carbocycles. The topological polar surface area (TPSA) is 208 Å². The summed E-state index contributed by atoms with van der Waals surface area (Å²) in [5.41, 5.74) is 1.01. The monoisotopic (exact) mass is 607 g/mol. The number of aliphatic carboxylic acids is 1. The molecule has 3 aromatic rings. The van der Waals surface area contributed by atoms with Crippen LogP contribution < -0.4 is 10.6 Å². The minimum atomic E-state index is -1.38. The number of carboxylic acid groups (broad SMARTS) is 1. The van der Waals surface area contributed by atoms with Gasteiger partial charge in [0.25, 0.3) is 11.8 Å². The Labute approximate surface area is 247 Å². The molecule has 14 nitrogen and oxygen atoms in total. The number of fused-ring (bicyclic) bond motifs is 2. The van der Waals surface area contributed by atoms with Crippen molar-refractivity contribution in [3.63, 3.8) is 0 Å². The van der Waals surface area contributed by atoms with Gasteiger partial charge >= 0.3 is 11.9 Å². The first-order chi connectivity index (χ1) is 20.6. The van der Waals surface area contributed by atoms with Crippen molar-refractivity contribution in [3.05, 3.63) is 76.8 Å². The minimum absolute atomic E-state index is 0.0910. The number of amides is 3. The van der Waals surface area contributed by atoms with Crippen LogP contribution in [0.5, 0.6) is 5.75 Å². The van der Waals surface area contributed by atoms with Crippen molar-refractivity contribution >= 4 is 52.5 Å². The van der Waals surface area contributed by atoms with Crippen LogP contribution in [0.15, 0.2) is 60.1 Å². The van der Waals surface area contributed by atoms with Gasteiger partial charge in [-0.25, -0.2) is 4.79 Å². The van der Waals surface area contributed by atoms with Gasteiger partial charge in [0.1, 0.15) is 40.8 Å². The van der Waals surface area contributed by atoms with E-state index in [1.165, 1.54) is 37.0 Å². The quantitative estimate of drug-likeness (QED) is 0.167. The van der Waals surface area contributed by atoms with Crippen LogP contribution >= 0.6 is 11.8 Å². The van der Waals surface area contributed by atoms with E-state index in [0.717, 1.165) is 11.1 Å². The Morgan fingerprint density at radius 3 is 2.58 bits per heavy atom. The second-order valence-corrected chi connectivity index (χ2v) is 10.7.